The lowest BCUT2D eigenvalue weighted by atomic mass is 10.2. The van der Waals surface area contributed by atoms with Crippen LogP contribution < -0.4 is 16.6 Å². The van der Waals surface area contributed by atoms with Crippen molar-refractivity contribution in [1.82, 2.24) is 18.7 Å². The van der Waals surface area contributed by atoms with Gasteiger partial charge in [-0.25, -0.2) is 13.9 Å². The molecule has 1 amide bonds. The topological polar surface area (TPSA) is 90.4 Å². The van der Waals surface area contributed by atoms with E-state index in [9.17, 15) is 14.4 Å². The maximum Gasteiger partial charge on any atom is 0.352 e. The Bertz CT molecular complexity index is 1600. The fraction of sp³-hybridized carbons (Fsp3) is 0.0833. The van der Waals surface area contributed by atoms with Gasteiger partial charge in [0.25, 0.3) is 5.56 Å². The third kappa shape index (κ3) is 3.92. The average Bonchev–Trinajstić information content (AvgIpc) is 3.14. The predicted molar refractivity (Wildman–Crippen MR) is 127 cm³/mol. The van der Waals surface area contributed by atoms with Crippen LogP contribution in [0, 0.1) is 0 Å². The Morgan fingerprint density at radius 3 is 2.36 bits per heavy atom. The van der Waals surface area contributed by atoms with Crippen LogP contribution in [0.4, 0.5) is 5.69 Å². The molecule has 0 radical (unpaired) electrons. The molecule has 0 unspecified atom stereocenters. The molecule has 0 saturated carbocycles. The minimum absolute atomic E-state index is 0.173. The van der Waals surface area contributed by atoms with E-state index in [2.05, 4.69) is 10.4 Å². The first-order chi connectivity index (χ1) is 16.0. The number of anilines is 1. The molecule has 8 nitrogen and oxygen atoms in total. The molecule has 2 heterocycles. The summed E-state index contributed by atoms with van der Waals surface area (Å²) in [6.45, 7) is -0.0710. The maximum atomic E-state index is 13.3. The molecule has 0 fully saturated rings. The van der Waals surface area contributed by atoms with Crippen LogP contribution in [0.25, 0.3) is 16.7 Å². The molecule has 0 saturated heterocycles. The normalized spacial score (nSPS) is 11.2. The highest BCUT2D eigenvalue weighted by molar-refractivity contribution is 6.30. The lowest BCUT2D eigenvalue weighted by Gasteiger charge is -2.09. The van der Waals surface area contributed by atoms with Crippen LogP contribution in [0.15, 0.2) is 88.5 Å². The molecule has 1 N–H and O–H groups in total. The van der Waals surface area contributed by atoms with Gasteiger partial charge in [-0.2, -0.15) is 0 Å². The number of para-hydroxylation sites is 1. The number of hydrogen-bond donors (Lipinski definition) is 1. The van der Waals surface area contributed by atoms with E-state index in [1.165, 1.54) is 8.97 Å². The van der Waals surface area contributed by atoms with Crippen molar-refractivity contribution >= 4 is 39.9 Å². The molecule has 5 rings (SSSR count). The van der Waals surface area contributed by atoms with Gasteiger partial charge >= 0.3 is 5.69 Å². The quantitative estimate of drug-likeness (QED) is 0.437. The number of nitrogens with one attached hydrogen (secondary N) is 1. The summed E-state index contributed by atoms with van der Waals surface area (Å²) >= 11 is 5.88. The van der Waals surface area contributed by atoms with Crippen molar-refractivity contribution in [3.05, 3.63) is 110 Å². The van der Waals surface area contributed by atoms with E-state index in [0.29, 0.717) is 21.6 Å². The van der Waals surface area contributed by atoms with Crippen molar-refractivity contribution in [3.8, 4) is 0 Å². The third-order valence-electron chi connectivity index (χ3n) is 5.29. The molecule has 0 aliphatic carbocycles. The Morgan fingerprint density at radius 2 is 1.61 bits per heavy atom. The van der Waals surface area contributed by atoms with Gasteiger partial charge in [0.15, 0.2) is 0 Å². The molecule has 0 bridgehead atoms. The Morgan fingerprint density at radius 1 is 0.909 bits per heavy atom. The molecule has 0 atom stereocenters. The number of aromatic nitrogens is 4. The van der Waals surface area contributed by atoms with E-state index in [1.807, 2.05) is 30.3 Å². The molecule has 5 aromatic rings. The Balaban J connectivity index is 1.60. The van der Waals surface area contributed by atoms with E-state index < -0.39 is 11.6 Å². The van der Waals surface area contributed by atoms with E-state index in [4.69, 9.17) is 11.6 Å². The van der Waals surface area contributed by atoms with Gasteiger partial charge in [-0.1, -0.05) is 54.1 Å². The minimum atomic E-state index is -0.505. The van der Waals surface area contributed by atoms with Crippen LogP contribution in [-0.4, -0.2) is 24.7 Å². The highest BCUT2D eigenvalue weighted by atomic mass is 35.5. The van der Waals surface area contributed by atoms with Gasteiger partial charge in [0.1, 0.15) is 6.54 Å². The number of fused-ring (bicyclic) bond motifs is 3. The first-order valence-corrected chi connectivity index (χ1v) is 10.6. The van der Waals surface area contributed by atoms with Gasteiger partial charge in [0.2, 0.25) is 11.7 Å². The zero-order valence-electron chi connectivity index (χ0n) is 17.3. The van der Waals surface area contributed by atoms with Crippen LogP contribution in [0.2, 0.25) is 5.02 Å². The van der Waals surface area contributed by atoms with E-state index in [-0.39, 0.29) is 24.4 Å². The second-order valence-electron chi connectivity index (χ2n) is 7.52. The van der Waals surface area contributed by atoms with E-state index in [0.717, 1.165) is 10.2 Å². The van der Waals surface area contributed by atoms with Crippen molar-refractivity contribution in [2.24, 2.45) is 0 Å². The lowest BCUT2D eigenvalue weighted by molar-refractivity contribution is -0.117. The van der Waals surface area contributed by atoms with Crippen molar-refractivity contribution in [3.63, 3.8) is 0 Å². The summed E-state index contributed by atoms with van der Waals surface area (Å²) < 4.78 is 3.88. The summed E-state index contributed by atoms with van der Waals surface area (Å²) in [6.07, 6.45) is 0. The Labute approximate surface area is 192 Å². The SMILES string of the molecule is O=C(Cn1nc2n(Cc3ccccc3)c(=O)c3ccccc3n2c1=O)Nc1ccc(Cl)cc1. The molecule has 0 spiro atoms. The summed E-state index contributed by atoms with van der Waals surface area (Å²) in [5, 5.41) is 8.03. The standard InChI is InChI=1S/C24H18ClN5O3/c25-17-10-12-18(13-11-17)26-21(31)15-29-24(33)30-20-9-5-4-8-19(20)22(32)28(23(30)27-29)14-16-6-2-1-3-7-16/h1-13H,14-15H2,(H,26,31). The van der Waals surface area contributed by atoms with E-state index in [1.54, 1.807) is 48.5 Å². The van der Waals surface area contributed by atoms with Crippen LogP contribution in [0.1, 0.15) is 5.56 Å². The minimum Gasteiger partial charge on any atom is -0.324 e. The van der Waals surface area contributed by atoms with Gasteiger partial charge in [-0.05, 0) is 42.0 Å². The molecule has 0 aliphatic rings. The largest absolute Gasteiger partial charge is 0.352 e. The summed E-state index contributed by atoms with van der Waals surface area (Å²) in [5.41, 5.74) is 1.11. The number of carbonyl (C=O) groups excluding carboxylic acids is 1. The van der Waals surface area contributed by atoms with Crippen molar-refractivity contribution in [2.75, 3.05) is 5.32 Å². The van der Waals surface area contributed by atoms with Crippen molar-refractivity contribution in [1.29, 1.82) is 0 Å². The van der Waals surface area contributed by atoms with E-state index >= 15 is 0 Å². The smallest absolute Gasteiger partial charge is 0.324 e. The third-order valence-corrected chi connectivity index (χ3v) is 5.54. The molecular formula is C24H18ClN5O3. The second-order valence-corrected chi connectivity index (χ2v) is 7.96. The molecular weight excluding hydrogens is 442 g/mol. The highest BCUT2D eigenvalue weighted by Gasteiger charge is 2.19. The van der Waals surface area contributed by atoms with Gasteiger partial charge < -0.3 is 5.32 Å². The number of amides is 1. The monoisotopic (exact) mass is 459 g/mol. The van der Waals surface area contributed by atoms with Gasteiger partial charge in [-0.15, -0.1) is 5.10 Å². The Hall–Kier alpha value is -4.17. The predicted octanol–water partition coefficient (Wildman–Crippen LogP) is 3.15. The van der Waals surface area contributed by atoms with Gasteiger partial charge in [-0.3, -0.25) is 14.2 Å². The fourth-order valence-electron chi connectivity index (χ4n) is 3.75. The average molecular weight is 460 g/mol. The molecule has 0 aliphatic heterocycles. The molecule has 9 heteroatoms. The summed E-state index contributed by atoms with van der Waals surface area (Å²) in [5.74, 6) is -0.254. The van der Waals surface area contributed by atoms with Gasteiger partial charge in [0.05, 0.1) is 17.4 Å². The number of halogens is 1. The van der Waals surface area contributed by atoms with Crippen molar-refractivity contribution < 1.29 is 4.79 Å². The van der Waals surface area contributed by atoms with Crippen LogP contribution in [0.5, 0.6) is 0 Å². The molecule has 3 aromatic carbocycles. The first-order valence-electron chi connectivity index (χ1n) is 10.2. The number of benzene rings is 3. The van der Waals surface area contributed by atoms with Crippen LogP contribution in [-0.2, 0) is 17.9 Å². The number of nitrogens with zero attached hydrogens (tertiary/aromatic N) is 4. The summed E-state index contributed by atoms with van der Waals surface area (Å²) in [4.78, 5) is 39.1. The number of hydrogen-bond acceptors (Lipinski definition) is 4. The highest BCUT2D eigenvalue weighted by Crippen LogP contribution is 2.14. The molecule has 33 heavy (non-hydrogen) atoms. The van der Waals surface area contributed by atoms with Crippen molar-refractivity contribution in [2.45, 2.75) is 13.1 Å². The molecule has 2 aromatic heterocycles. The zero-order chi connectivity index (χ0) is 22.9. The summed E-state index contributed by atoms with van der Waals surface area (Å²) in [7, 11) is 0. The van der Waals surface area contributed by atoms with Crippen LogP contribution >= 0.6 is 11.6 Å². The number of carbonyl (C=O) groups is 1. The zero-order valence-corrected chi connectivity index (χ0v) is 18.1. The van der Waals surface area contributed by atoms with Gasteiger partial charge in [0, 0.05) is 10.7 Å². The van der Waals surface area contributed by atoms with Crippen LogP contribution in [0.3, 0.4) is 0 Å². The summed E-state index contributed by atoms with van der Waals surface area (Å²) in [6, 6.07) is 22.9. The molecule has 164 valence electrons. The lowest BCUT2D eigenvalue weighted by Crippen LogP contribution is -2.29. The second kappa shape index (κ2) is 8.40. The fourth-order valence-corrected chi connectivity index (χ4v) is 3.87. The maximum absolute atomic E-state index is 13.3. The Kier molecular flexibility index (Phi) is 5.27. The first kappa shape index (κ1) is 20.7. The number of rotatable bonds is 5.